The van der Waals surface area contributed by atoms with Crippen molar-refractivity contribution in [3.8, 4) is 0 Å². The number of amides is 2. The molecule has 1 heterocycles. The summed E-state index contributed by atoms with van der Waals surface area (Å²) in [5.74, 6) is 0.0380. The summed E-state index contributed by atoms with van der Waals surface area (Å²) in [5.41, 5.74) is 4.09. The van der Waals surface area contributed by atoms with Crippen LogP contribution in [0.5, 0.6) is 0 Å². The molecule has 3 atom stereocenters. The van der Waals surface area contributed by atoms with Crippen molar-refractivity contribution in [2.45, 2.75) is 39.0 Å². The molecule has 0 N–H and O–H groups in total. The first kappa shape index (κ1) is 16.1. The Balaban J connectivity index is 1.64. The molecule has 3 unspecified atom stereocenters. The lowest BCUT2D eigenvalue weighted by Gasteiger charge is -2.28. The van der Waals surface area contributed by atoms with Gasteiger partial charge in [-0.2, -0.15) is 0 Å². The first-order valence-electron chi connectivity index (χ1n) is 9.06. The number of imide groups is 1. The molecule has 2 fully saturated rings. The zero-order chi connectivity index (χ0) is 17.6. The fourth-order valence-electron chi connectivity index (χ4n) is 4.41. The van der Waals surface area contributed by atoms with Gasteiger partial charge in [0, 0.05) is 0 Å². The maximum absolute atomic E-state index is 13.1. The van der Waals surface area contributed by atoms with Gasteiger partial charge in [0.1, 0.15) is 0 Å². The maximum atomic E-state index is 13.1. The van der Waals surface area contributed by atoms with Crippen LogP contribution in [0.1, 0.15) is 41.9 Å². The fraction of sp³-hybridized carbons (Fsp3) is 0.364. The highest BCUT2D eigenvalue weighted by Crippen LogP contribution is 2.46. The number of fused-ring (bicyclic) bond motifs is 1. The van der Waals surface area contributed by atoms with E-state index in [2.05, 4.69) is 12.1 Å². The molecule has 0 aromatic heterocycles. The summed E-state index contributed by atoms with van der Waals surface area (Å²) in [6.45, 7) is 3.95. The fourth-order valence-corrected chi connectivity index (χ4v) is 4.41. The third-order valence-electron chi connectivity index (χ3n) is 5.80. The Bertz CT molecular complexity index is 827. The van der Waals surface area contributed by atoms with Gasteiger partial charge in [0.25, 0.3) is 0 Å². The Kier molecular flexibility index (Phi) is 3.95. The van der Waals surface area contributed by atoms with Crippen LogP contribution in [0.3, 0.4) is 0 Å². The highest BCUT2D eigenvalue weighted by molar-refractivity contribution is 6.22. The van der Waals surface area contributed by atoms with Gasteiger partial charge in [-0.25, -0.2) is 4.90 Å². The minimum Gasteiger partial charge on any atom is -0.274 e. The zero-order valence-electron chi connectivity index (χ0n) is 14.7. The van der Waals surface area contributed by atoms with E-state index in [0.717, 1.165) is 36.1 Å². The molecule has 25 heavy (non-hydrogen) atoms. The van der Waals surface area contributed by atoms with Gasteiger partial charge < -0.3 is 0 Å². The van der Waals surface area contributed by atoms with E-state index in [1.807, 2.05) is 50.2 Å². The molecule has 2 aromatic carbocycles. The molecule has 2 amide bonds. The molecule has 1 saturated heterocycles. The Hall–Kier alpha value is -2.42. The summed E-state index contributed by atoms with van der Waals surface area (Å²) in [4.78, 5) is 27.5. The van der Waals surface area contributed by atoms with Crippen LogP contribution in [0.15, 0.2) is 48.5 Å². The summed E-state index contributed by atoms with van der Waals surface area (Å²) in [6, 6.07) is 16.3. The van der Waals surface area contributed by atoms with Gasteiger partial charge in [0.15, 0.2) is 0 Å². The highest BCUT2D eigenvalue weighted by atomic mass is 16.2. The minimum atomic E-state index is -0.175. The zero-order valence-corrected chi connectivity index (χ0v) is 14.7. The SMILES string of the molecule is Cc1ccc(C)c(N2C(=O)C3CCC(c4ccccc4)CC3C2=O)c1. The summed E-state index contributed by atoms with van der Waals surface area (Å²) < 4.78 is 0. The average molecular weight is 333 g/mol. The molecule has 3 nitrogen and oxygen atoms in total. The predicted octanol–water partition coefficient (Wildman–Crippen LogP) is 4.38. The van der Waals surface area contributed by atoms with E-state index in [-0.39, 0.29) is 23.7 Å². The number of hydrogen-bond acceptors (Lipinski definition) is 2. The van der Waals surface area contributed by atoms with Gasteiger partial charge in [-0.3, -0.25) is 9.59 Å². The van der Waals surface area contributed by atoms with Crippen LogP contribution in [0.25, 0.3) is 0 Å². The van der Waals surface area contributed by atoms with Crippen molar-refractivity contribution < 1.29 is 9.59 Å². The van der Waals surface area contributed by atoms with E-state index in [1.165, 1.54) is 10.5 Å². The molecule has 128 valence electrons. The Morgan fingerprint density at radius 1 is 0.880 bits per heavy atom. The molecule has 2 aliphatic rings. The summed E-state index contributed by atoms with van der Waals surface area (Å²) in [5, 5.41) is 0. The van der Waals surface area contributed by atoms with Crippen LogP contribution in [0.2, 0.25) is 0 Å². The van der Waals surface area contributed by atoms with Gasteiger partial charge in [-0.15, -0.1) is 0 Å². The van der Waals surface area contributed by atoms with E-state index >= 15 is 0 Å². The smallest absolute Gasteiger partial charge is 0.237 e. The third kappa shape index (κ3) is 2.68. The highest BCUT2D eigenvalue weighted by Gasteiger charge is 2.50. The summed E-state index contributed by atoms with van der Waals surface area (Å²) in [7, 11) is 0. The van der Waals surface area contributed by atoms with Gasteiger partial charge in [0.2, 0.25) is 11.8 Å². The summed E-state index contributed by atoms with van der Waals surface area (Å²) >= 11 is 0. The Morgan fingerprint density at radius 2 is 1.60 bits per heavy atom. The van der Waals surface area contributed by atoms with Crippen LogP contribution < -0.4 is 4.90 Å². The number of rotatable bonds is 2. The number of nitrogens with zero attached hydrogens (tertiary/aromatic N) is 1. The minimum absolute atomic E-state index is 0.00443. The second-order valence-corrected chi connectivity index (χ2v) is 7.44. The lowest BCUT2D eigenvalue weighted by atomic mass is 9.73. The predicted molar refractivity (Wildman–Crippen MR) is 98.4 cm³/mol. The van der Waals surface area contributed by atoms with E-state index < -0.39 is 0 Å². The quantitative estimate of drug-likeness (QED) is 0.765. The monoisotopic (exact) mass is 333 g/mol. The molecule has 3 heteroatoms. The summed E-state index contributed by atoms with van der Waals surface area (Å²) in [6.07, 6.45) is 2.56. The average Bonchev–Trinajstić information content (AvgIpc) is 2.88. The first-order valence-corrected chi connectivity index (χ1v) is 9.06. The first-order chi connectivity index (χ1) is 12.1. The molecule has 0 radical (unpaired) electrons. The van der Waals surface area contributed by atoms with Crippen LogP contribution in [0, 0.1) is 25.7 Å². The van der Waals surface area contributed by atoms with Gasteiger partial charge in [-0.05, 0) is 61.8 Å². The molecule has 1 saturated carbocycles. The van der Waals surface area contributed by atoms with E-state index in [0.29, 0.717) is 5.92 Å². The van der Waals surface area contributed by atoms with Crippen molar-refractivity contribution in [2.24, 2.45) is 11.8 Å². The van der Waals surface area contributed by atoms with Crippen molar-refractivity contribution >= 4 is 17.5 Å². The second kappa shape index (κ2) is 6.14. The molecule has 1 aliphatic carbocycles. The van der Waals surface area contributed by atoms with Gasteiger partial charge in [0.05, 0.1) is 17.5 Å². The number of carbonyl (C=O) groups excluding carboxylic acids is 2. The number of anilines is 1. The largest absolute Gasteiger partial charge is 0.274 e. The van der Waals surface area contributed by atoms with Crippen LogP contribution in [-0.4, -0.2) is 11.8 Å². The lowest BCUT2D eigenvalue weighted by Crippen LogP contribution is -2.31. The van der Waals surface area contributed by atoms with Crippen LogP contribution >= 0.6 is 0 Å². The lowest BCUT2D eigenvalue weighted by molar-refractivity contribution is -0.122. The van der Waals surface area contributed by atoms with Gasteiger partial charge >= 0.3 is 0 Å². The molecular weight excluding hydrogens is 310 g/mol. The molecule has 1 aliphatic heterocycles. The Morgan fingerprint density at radius 3 is 2.36 bits per heavy atom. The number of hydrogen-bond donors (Lipinski definition) is 0. The van der Waals surface area contributed by atoms with E-state index in [9.17, 15) is 9.59 Å². The number of aryl methyl sites for hydroxylation is 2. The van der Waals surface area contributed by atoms with Crippen molar-refractivity contribution in [2.75, 3.05) is 4.90 Å². The van der Waals surface area contributed by atoms with Crippen molar-refractivity contribution in [1.29, 1.82) is 0 Å². The standard InChI is InChI=1S/C22H23NO2/c1-14-8-9-15(2)20(12-14)23-21(24)18-11-10-17(13-19(18)22(23)25)16-6-4-3-5-7-16/h3-9,12,17-19H,10-11,13H2,1-2H3. The normalized spacial score (nSPS) is 26.0. The molecule has 0 bridgehead atoms. The molecule has 4 rings (SSSR count). The van der Waals surface area contributed by atoms with E-state index in [4.69, 9.17) is 0 Å². The number of carbonyl (C=O) groups is 2. The second-order valence-electron chi connectivity index (χ2n) is 7.44. The van der Waals surface area contributed by atoms with Crippen LogP contribution in [0.4, 0.5) is 5.69 Å². The van der Waals surface area contributed by atoms with Crippen molar-refractivity contribution in [1.82, 2.24) is 0 Å². The maximum Gasteiger partial charge on any atom is 0.237 e. The molecular formula is C22H23NO2. The Labute approximate surface area is 148 Å². The van der Waals surface area contributed by atoms with Crippen molar-refractivity contribution in [3.05, 3.63) is 65.2 Å². The van der Waals surface area contributed by atoms with E-state index in [1.54, 1.807) is 0 Å². The number of benzene rings is 2. The third-order valence-corrected chi connectivity index (χ3v) is 5.80. The molecule has 2 aromatic rings. The van der Waals surface area contributed by atoms with Crippen molar-refractivity contribution in [3.63, 3.8) is 0 Å². The molecule has 0 spiro atoms. The van der Waals surface area contributed by atoms with Crippen LogP contribution in [-0.2, 0) is 9.59 Å². The van der Waals surface area contributed by atoms with Gasteiger partial charge in [-0.1, -0.05) is 42.5 Å². The topological polar surface area (TPSA) is 37.4 Å².